The first-order valence-corrected chi connectivity index (χ1v) is 7.39. The van der Waals surface area contributed by atoms with Gasteiger partial charge in [0.1, 0.15) is 17.1 Å². The Bertz CT molecular complexity index is 666. The smallest absolute Gasteiger partial charge is 0.352 e. The largest absolute Gasteiger partial charge is 0.477 e. The molecule has 2 aliphatic rings. The van der Waals surface area contributed by atoms with Gasteiger partial charge in [-0.3, -0.25) is 14.7 Å². The molecule has 124 valence electrons. The molecule has 1 aromatic rings. The van der Waals surface area contributed by atoms with Crippen LogP contribution < -0.4 is 5.73 Å². The third kappa shape index (κ3) is 3.53. The highest BCUT2D eigenvalue weighted by molar-refractivity contribution is 8.00. The van der Waals surface area contributed by atoms with Crippen LogP contribution in [0.5, 0.6) is 0 Å². The minimum atomic E-state index is -1.11. The second kappa shape index (κ2) is 7.83. The van der Waals surface area contributed by atoms with Crippen molar-refractivity contribution in [2.45, 2.75) is 11.4 Å². The highest BCUT2D eigenvalue weighted by Gasteiger charge is 2.51. The van der Waals surface area contributed by atoms with Crippen LogP contribution in [0.3, 0.4) is 0 Å². The maximum Gasteiger partial charge on any atom is 0.352 e. The zero-order valence-electron chi connectivity index (χ0n) is 11.8. The number of pyridine rings is 1. The standard InChI is InChI=1S/C14H13N3O3S.2ClH/c15-10-12(18)17-11(14(19)20)9(7-21-13(10)17)4-3-8-2-1-5-16-6-8;;/h1-6,10,13H,7,15H2,(H,19,20);2*1H/b4-3+;;/t10-,13+;;/m1../s1. The summed E-state index contributed by atoms with van der Waals surface area (Å²) in [6.45, 7) is 0. The van der Waals surface area contributed by atoms with Gasteiger partial charge >= 0.3 is 5.97 Å². The topological polar surface area (TPSA) is 96.5 Å². The number of hydrogen-bond acceptors (Lipinski definition) is 5. The molecule has 1 saturated heterocycles. The summed E-state index contributed by atoms with van der Waals surface area (Å²) < 4.78 is 0. The van der Waals surface area contributed by atoms with Gasteiger partial charge in [0.05, 0.1) is 0 Å². The Labute approximate surface area is 149 Å². The monoisotopic (exact) mass is 375 g/mol. The summed E-state index contributed by atoms with van der Waals surface area (Å²) in [4.78, 5) is 28.5. The molecule has 23 heavy (non-hydrogen) atoms. The lowest BCUT2D eigenvalue weighted by atomic mass is 10.0. The maximum atomic E-state index is 11.8. The number of aromatic nitrogens is 1. The molecule has 0 spiro atoms. The fraction of sp³-hybridized carbons (Fsp3) is 0.214. The number of carboxylic acids is 1. The SMILES string of the molecule is Cl.Cl.N[C@@H]1C(=O)N2C(C(=O)O)=C(/C=C/c3cccnc3)CS[C@@H]12. The van der Waals surface area contributed by atoms with Crippen molar-refractivity contribution in [2.24, 2.45) is 5.73 Å². The normalized spacial score (nSPS) is 22.8. The fourth-order valence-electron chi connectivity index (χ4n) is 2.34. The van der Waals surface area contributed by atoms with E-state index in [-0.39, 0.29) is 41.8 Å². The number of carbonyl (C=O) groups is 2. The first-order valence-electron chi connectivity index (χ1n) is 6.34. The Kier molecular flexibility index (Phi) is 6.64. The fourth-order valence-corrected chi connectivity index (χ4v) is 3.60. The van der Waals surface area contributed by atoms with Crippen LogP contribution >= 0.6 is 36.6 Å². The van der Waals surface area contributed by atoms with Gasteiger partial charge in [-0.15, -0.1) is 36.6 Å². The van der Waals surface area contributed by atoms with Crippen LogP contribution in [0.2, 0.25) is 0 Å². The summed E-state index contributed by atoms with van der Waals surface area (Å²) >= 11 is 1.48. The van der Waals surface area contributed by atoms with Crippen LogP contribution in [-0.2, 0) is 9.59 Å². The lowest BCUT2D eigenvalue weighted by Gasteiger charge is -2.47. The van der Waals surface area contributed by atoms with Gasteiger partial charge in [0.25, 0.3) is 0 Å². The van der Waals surface area contributed by atoms with Crippen molar-refractivity contribution in [3.63, 3.8) is 0 Å². The predicted molar refractivity (Wildman–Crippen MR) is 93.5 cm³/mol. The quantitative estimate of drug-likeness (QED) is 0.777. The predicted octanol–water partition coefficient (Wildman–Crippen LogP) is 1.52. The second-order valence-corrected chi connectivity index (χ2v) is 5.84. The molecule has 2 aliphatic heterocycles. The third-order valence-corrected chi connectivity index (χ3v) is 4.73. The summed E-state index contributed by atoms with van der Waals surface area (Å²) in [5.74, 6) is -0.927. The summed E-state index contributed by atoms with van der Waals surface area (Å²) in [6, 6.07) is 3.07. The van der Waals surface area contributed by atoms with Crippen LogP contribution in [0.25, 0.3) is 6.08 Å². The number of carbonyl (C=O) groups excluding carboxylic acids is 1. The number of hydrogen-bond donors (Lipinski definition) is 2. The van der Waals surface area contributed by atoms with Gasteiger partial charge in [-0.25, -0.2) is 4.79 Å². The molecule has 1 amide bonds. The Morgan fingerprint density at radius 2 is 2.17 bits per heavy atom. The van der Waals surface area contributed by atoms with Crippen LogP contribution in [0.4, 0.5) is 0 Å². The molecule has 0 aliphatic carbocycles. The van der Waals surface area contributed by atoms with E-state index in [9.17, 15) is 14.7 Å². The van der Waals surface area contributed by atoms with Gasteiger partial charge in [0, 0.05) is 18.1 Å². The second-order valence-electron chi connectivity index (χ2n) is 4.73. The summed E-state index contributed by atoms with van der Waals surface area (Å²) in [6.07, 6.45) is 6.86. The van der Waals surface area contributed by atoms with E-state index in [0.29, 0.717) is 11.3 Å². The number of rotatable bonds is 3. The molecule has 0 saturated carbocycles. The molecular formula is C14H15Cl2N3O3S. The zero-order chi connectivity index (χ0) is 15.0. The van der Waals surface area contributed by atoms with Gasteiger partial charge in [0.15, 0.2) is 0 Å². The number of allylic oxidation sites excluding steroid dienone is 1. The van der Waals surface area contributed by atoms with Crippen LogP contribution in [0.1, 0.15) is 5.56 Å². The number of nitrogens with two attached hydrogens (primary N) is 1. The molecule has 0 radical (unpaired) electrons. The summed E-state index contributed by atoms with van der Waals surface area (Å²) in [5.41, 5.74) is 7.20. The van der Waals surface area contributed by atoms with Gasteiger partial charge < -0.3 is 10.8 Å². The zero-order valence-corrected chi connectivity index (χ0v) is 14.2. The molecular weight excluding hydrogens is 361 g/mol. The molecule has 1 fully saturated rings. The molecule has 3 N–H and O–H groups in total. The Morgan fingerprint density at radius 3 is 2.78 bits per heavy atom. The van der Waals surface area contributed by atoms with Gasteiger partial charge in [0.2, 0.25) is 5.91 Å². The highest BCUT2D eigenvalue weighted by Crippen LogP contribution is 2.39. The number of aliphatic carboxylic acids is 1. The van der Waals surface area contributed by atoms with Crippen molar-refractivity contribution in [3.8, 4) is 0 Å². The molecule has 3 rings (SSSR count). The molecule has 3 heterocycles. The van der Waals surface area contributed by atoms with E-state index in [1.54, 1.807) is 30.6 Å². The van der Waals surface area contributed by atoms with Crippen molar-refractivity contribution in [1.29, 1.82) is 0 Å². The van der Waals surface area contributed by atoms with Gasteiger partial charge in [-0.1, -0.05) is 18.2 Å². The molecule has 1 aromatic heterocycles. The van der Waals surface area contributed by atoms with Crippen LogP contribution in [0.15, 0.2) is 41.9 Å². The van der Waals surface area contributed by atoms with Crippen molar-refractivity contribution < 1.29 is 14.7 Å². The number of halogens is 2. The van der Waals surface area contributed by atoms with Crippen LogP contribution in [0, 0.1) is 0 Å². The summed E-state index contributed by atoms with van der Waals surface area (Å²) in [7, 11) is 0. The minimum absolute atomic E-state index is 0. The van der Waals surface area contributed by atoms with E-state index >= 15 is 0 Å². The third-order valence-electron chi connectivity index (χ3n) is 3.40. The summed E-state index contributed by atoms with van der Waals surface area (Å²) in [5, 5.41) is 9.12. The first-order chi connectivity index (χ1) is 10.1. The number of fused-ring (bicyclic) bond motifs is 1. The van der Waals surface area contributed by atoms with E-state index in [4.69, 9.17) is 5.73 Å². The lowest BCUT2D eigenvalue weighted by Crippen LogP contribution is -2.68. The highest BCUT2D eigenvalue weighted by atomic mass is 35.5. The Balaban J connectivity index is 0.00000132. The van der Waals surface area contributed by atoms with E-state index in [0.717, 1.165) is 5.56 Å². The van der Waals surface area contributed by atoms with E-state index in [1.165, 1.54) is 16.7 Å². The Hall–Kier alpha value is -1.54. The Morgan fingerprint density at radius 1 is 1.43 bits per heavy atom. The van der Waals surface area contributed by atoms with E-state index in [1.807, 2.05) is 6.07 Å². The molecule has 0 unspecified atom stereocenters. The van der Waals surface area contributed by atoms with Gasteiger partial charge in [-0.2, -0.15) is 0 Å². The number of β-lactam (4-membered cyclic amide) rings is 1. The van der Waals surface area contributed by atoms with Crippen molar-refractivity contribution >= 4 is 54.5 Å². The average Bonchev–Trinajstić information content (AvgIpc) is 2.52. The molecule has 6 nitrogen and oxygen atoms in total. The molecule has 9 heteroatoms. The minimum Gasteiger partial charge on any atom is -0.477 e. The molecule has 0 bridgehead atoms. The lowest BCUT2D eigenvalue weighted by molar-refractivity contribution is -0.147. The number of carboxylic acid groups (broad SMARTS) is 1. The van der Waals surface area contributed by atoms with Crippen molar-refractivity contribution in [1.82, 2.24) is 9.88 Å². The van der Waals surface area contributed by atoms with E-state index < -0.39 is 12.0 Å². The van der Waals surface area contributed by atoms with Gasteiger partial charge in [-0.05, 0) is 17.2 Å². The number of nitrogens with zero attached hydrogens (tertiary/aromatic N) is 2. The maximum absolute atomic E-state index is 11.8. The number of amides is 1. The van der Waals surface area contributed by atoms with Crippen molar-refractivity contribution in [3.05, 3.63) is 47.4 Å². The number of thioether (sulfide) groups is 1. The van der Waals surface area contributed by atoms with Crippen molar-refractivity contribution in [2.75, 3.05) is 5.75 Å². The average molecular weight is 376 g/mol. The van der Waals surface area contributed by atoms with E-state index in [2.05, 4.69) is 4.98 Å². The molecule has 0 aromatic carbocycles. The first kappa shape index (κ1) is 19.5. The molecule has 2 atom stereocenters. The van der Waals surface area contributed by atoms with Crippen LogP contribution in [-0.4, -0.2) is 44.0 Å².